The van der Waals surface area contributed by atoms with Crippen molar-refractivity contribution in [2.75, 3.05) is 18.9 Å². The molecule has 1 aromatic rings. The Hall–Kier alpha value is -1.11. The zero-order valence-electron chi connectivity index (χ0n) is 11.2. The lowest BCUT2D eigenvalue weighted by Crippen LogP contribution is -2.39. The Labute approximate surface area is 114 Å². The molecule has 1 aliphatic heterocycles. The highest BCUT2D eigenvalue weighted by Crippen LogP contribution is 2.30. The van der Waals surface area contributed by atoms with Crippen molar-refractivity contribution < 1.29 is 13.5 Å². The van der Waals surface area contributed by atoms with Crippen LogP contribution in [0.1, 0.15) is 18.9 Å². The number of aliphatic hydroxyl groups is 1. The van der Waals surface area contributed by atoms with Gasteiger partial charge in [0.05, 0.1) is 17.5 Å². The second-order valence-electron chi connectivity index (χ2n) is 5.21. The number of nitrogens with two attached hydrogens (primary N) is 1. The van der Waals surface area contributed by atoms with Crippen LogP contribution in [0.4, 0.5) is 5.69 Å². The van der Waals surface area contributed by atoms with E-state index in [1.165, 1.54) is 10.4 Å². The summed E-state index contributed by atoms with van der Waals surface area (Å²) >= 11 is 0. The zero-order chi connectivity index (χ0) is 14.2. The third kappa shape index (κ3) is 2.61. The maximum atomic E-state index is 12.6. The topological polar surface area (TPSA) is 83.6 Å². The number of nitrogen functional groups attached to an aromatic ring is 1. The molecule has 1 fully saturated rings. The number of hydrogen-bond donors (Lipinski definition) is 2. The minimum Gasteiger partial charge on any atom is -0.399 e. The van der Waals surface area contributed by atoms with Crippen LogP contribution in [0.15, 0.2) is 23.1 Å². The van der Waals surface area contributed by atoms with Crippen LogP contribution < -0.4 is 5.73 Å². The number of sulfonamides is 1. The molecule has 0 spiro atoms. The first-order valence-electron chi connectivity index (χ1n) is 6.36. The summed E-state index contributed by atoms with van der Waals surface area (Å²) in [6.07, 6.45) is 0.770. The standard InChI is InChI=1S/C13H20N2O3S/c1-9-5-11(14)7-12(6-9)19(17,18)15-4-3-10(2)13(15)8-16/h5-7,10,13,16H,3-4,8,14H2,1-2H3. The van der Waals surface area contributed by atoms with Crippen LogP contribution >= 0.6 is 0 Å². The van der Waals surface area contributed by atoms with Gasteiger partial charge in [-0.1, -0.05) is 6.92 Å². The van der Waals surface area contributed by atoms with Gasteiger partial charge < -0.3 is 10.8 Å². The largest absolute Gasteiger partial charge is 0.399 e. The Bertz CT molecular complexity index is 551. The normalized spacial score (nSPS) is 24.8. The van der Waals surface area contributed by atoms with Crippen molar-refractivity contribution in [1.29, 1.82) is 0 Å². The molecule has 0 bridgehead atoms. The first kappa shape index (κ1) is 14.3. The molecule has 6 heteroatoms. The fourth-order valence-electron chi connectivity index (χ4n) is 2.60. The Kier molecular flexibility index (Phi) is 3.85. The van der Waals surface area contributed by atoms with Gasteiger partial charge in [-0.3, -0.25) is 0 Å². The summed E-state index contributed by atoms with van der Waals surface area (Å²) in [5.74, 6) is 0.168. The van der Waals surface area contributed by atoms with Crippen LogP contribution in [0.2, 0.25) is 0 Å². The Morgan fingerprint density at radius 1 is 1.42 bits per heavy atom. The van der Waals surface area contributed by atoms with Gasteiger partial charge in [0.15, 0.2) is 0 Å². The number of hydrogen-bond acceptors (Lipinski definition) is 4. The van der Waals surface area contributed by atoms with Crippen molar-refractivity contribution in [3.05, 3.63) is 23.8 Å². The molecule has 3 N–H and O–H groups in total. The Balaban J connectivity index is 2.42. The average Bonchev–Trinajstić information content (AvgIpc) is 2.69. The van der Waals surface area contributed by atoms with E-state index in [9.17, 15) is 13.5 Å². The third-order valence-electron chi connectivity index (χ3n) is 3.70. The molecule has 0 radical (unpaired) electrons. The Morgan fingerprint density at radius 3 is 2.68 bits per heavy atom. The highest BCUT2D eigenvalue weighted by atomic mass is 32.2. The molecule has 0 aromatic heterocycles. The predicted octanol–water partition coefficient (Wildman–Crippen LogP) is 0.969. The van der Waals surface area contributed by atoms with E-state index in [2.05, 4.69) is 0 Å². The van der Waals surface area contributed by atoms with Crippen LogP contribution in [0, 0.1) is 12.8 Å². The summed E-state index contributed by atoms with van der Waals surface area (Å²) in [7, 11) is -3.58. The molecule has 2 unspecified atom stereocenters. The molecule has 19 heavy (non-hydrogen) atoms. The van der Waals surface area contributed by atoms with Crippen LogP contribution in [-0.4, -0.2) is 37.0 Å². The second-order valence-corrected chi connectivity index (χ2v) is 7.10. The fraction of sp³-hybridized carbons (Fsp3) is 0.538. The van der Waals surface area contributed by atoms with Crippen molar-refractivity contribution in [2.24, 2.45) is 5.92 Å². The molecule has 106 valence electrons. The number of rotatable bonds is 3. The molecule has 1 aromatic carbocycles. The molecule has 2 rings (SSSR count). The van der Waals surface area contributed by atoms with E-state index in [4.69, 9.17) is 5.73 Å². The average molecular weight is 284 g/mol. The van der Waals surface area contributed by atoms with Crippen LogP contribution in [-0.2, 0) is 10.0 Å². The SMILES string of the molecule is Cc1cc(N)cc(S(=O)(=O)N2CCC(C)C2CO)c1. The highest BCUT2D eigenvalue weighted by molar-refractivity contribution is 7.89. The summed E-state index contributed by atoms with van der Waals surface area (Å²) in [6, 6.07) is 4.48. The van der Waals surface area contributed by atoms with Crippen LogP contribution in [0.5, 0.6) is 0 Å². The van der Waals surface area contributed by atoms with Gasteiger partial charge in [0, 0.05) is 12.2 Å². The maximum absolute atomic E-state index is 12.6. The van der Waals surface area contributed by atoms with Crippen LogP contribution in [0.25, 0.3) is 0 Å². The van der Waals surface area contributed by atoms with E-state index >= 15 is 0 Å². The van der Waals surface area contributed by atoms with E-state index in [0.29, 0.717) is 12.2 Å². The summed E-state index contributed by atoms with van der Waals surface area (Å²) in [6.45, 7) is 4.07. The van der Waals surface area contributed by atoms with E-state index in [0.717, 1.165) is 12.0 Å². The Morgan fingerprint density at radius 2 is 2.11 bits per heavy atom. The van der Waals surface area contributed by atoms with Gasteiger partial charge in [-0.2, -0.15) is 4.31 Å². The van der Waals surface area contributed by atoms with Gasteiger partial charge in [-0.25, -0.2) is 8.42 Å². The quantitative estimate of drug-likeness (QED) is 0.810. The summed E-state index contributed by atoms with van der Waals surface area (Å²) in [4.78, 5) is 0.206. The minimum atomic E-state index is -3.58. The first-order chi connectivity index (χ1) is 8.86. The van der Waals surface area contributed by atoms with E-state index < -0.39 is 10.0 Å². The lowest BCUT2D eigenvalue weighted by molar-refractivity contribution is 0.191. The second kappa shape index (κ2) is 5.11. The predicted molar refractivity (Wildman–Crippen MR) is 74.1 cm³/mol. The summed E-state index contributed by atoms with van der Waals surface area (Å²) < 4.78 is 26.6. The molecule has 2 atom stereocenters. The molecule has 0 aliphatic carbocycles. The van der Waals surface area contributed by atoms with Gasteiger partial charge in [0.2, 0.25) is 10.0 Å². The monoisotopic (exact) mass is 284 g/mol. The molecule has 1 aliphatic rings. The van der Waals surface area contributed by atoms with E-state index in [1.807, 2.05) is 13.8 Å². The van der Waals surface area contributed by atoms with Gasteiger partial charge in [-0.05, 0) is 43.0 Å². The molecule has 1 saturated heterocycles. The summed E-state index contributed by atoms with van der Waals surface area (Å²) in [5, 5.41) is 9.40. The number of aliphatic hydroxyl groups excluding tert-OH is 1. The first-order valence-corrected chi connectivity index (χ1v) is 7.80. The van der Waals surface area contributed by atoms with Crippen molar-refractivity contribution in [3.8, 4) is 0 Å². The van der Waals surface area contributed by atoms with Gasteiger partial charge in [0.1, 0.15) is 0 Å². The summed E-state index contributed by atoms with van der Waals surface area (Å²) in [5.41, 5.74) is 6.96. The fourth-order valence-corrected chi connectivity index (χ4v) is 4.47. The number of aryl methyl sites for hydroxylation is 1. The van der Waals surface area contributed by atoms with Gasteiger partial charge in [0.25, 0.3) is 0 Å². The minimum absolute atomic E-state index is 0.151. The van der Waals surface area contributed by atoms with Gasteiger partial charge in [-0.15, -0.1) is 0 Å². The third-order valence-corrected chi connectivity index (χ3v) is 5.60. The van der Waals surface area contributed by atoms with Crippen molar-refractivity contribution in [2.45, 2.75) is 31.2 Å². The zero-order valence-corrected chi connectivity index (χ0v) is 12.0. The van der Waals surface area contributed by atoms with Crippen molar-refractivity contribution >= 4 is 15.7 Å². The molecular formula is C13H20N2O3S. The highest BCUT2D eigenvalue weighted by Gasteiger charge is 2.39. The molecule has 5 nitrogen and oxygen atoms in total. The van der Waals surface area contributed by atoms with Crippen molar-refractivity contribution in [1.82, 2.24) is 4.31 Å². The molecule has 0 amide bonds. The van der Waals surface area contributed by atoms with Crippen molar-refractivity contribution in [3.63, 3.8) is 0 Å². The number of nitrogens with zero attached hydrogens (tertiary/aromatic N) is 1. The lowest BCUT2D eigenvalue weighted by Gasteiger charge is -2.24. The van der Waals surface area contributed by atoms with Crippen LogP contribution in [0.3, 0.4) is 0 Å². The molecule has 0 saturated carbocycles. The number of benzene rings is 1. The van der Waals surface area contributed by atoms with Gasteiger partial charge >= 0.3 is 0 Å². The number of anilines is 1. The smallest absolute Gasteiger partial charge is 0.243 e. The van der Waals surface area contributed by atoms with E-state index in [1.54, 1.807) is 12.1 Å². The maximum Gasteiger partial charge on any atom is 0.243 e. The lowest BCUT2D eigenvalue weighted by atomic mass is 10.0. The molecule has 1 heterocycles. The van der Waals surface area contributed by atoms with E-state index in [-0.39, 0.29) is 23.5 Å². The molecular weight excluding hydrogens is 264 g/mol.